The van der Waals surface area contributed by atoms with E-state index in [2.05, 4.69) is 13.8 Å². The Balaban J connectivity index is 1.92. The molecule has 0 saturated carbocycles. The molecule has 0 aromatic heterocycles. The molecule has 1 rings (SSSR count). The molecule has 108 valence electrons. The Kier molecular flexibility index (Phi) is 9.65. The first-order valence-corrected chi connectivity index (χ1v) is 8.52. The second-order valence-electron chi connectivity index (χ2n) is 6.01. The molecule has 0 N–H and O–H groups in total. The highest BCUT2D eigenvalue weighted by atomic mass is 16.5. The van der Waals surface area contributed by atoms with E-state index in [4.69, 9.17) is 4.74 Å². The molecule has 0 aromatic carbocycles. The van der Waals surface area contributed by atoms with E-state index in [0.29, 0.717) is 12.2 Å². The monoisotopic (exact) mass is 254 g/mol. The van der Waals surface area contributed by atoms with Crippen molar-refractivity contribution in [2.75, 3.05) is 0 Å². The van der Waals surface area contributed by atoms with Crippen molar-refractivity contribution in [2.45, 2.75) is 110 Å². The molecule has 2 atom stereocenters. The molecule has 1 heterocycles. The number of hydrogen-bond donors (Lipinski definition) is 0. The molecule has 0 spiro atoms. The van der Waals surface area contributed by atoms with Crippen LogP contribution in [0.2, 0.25) is 0 Å². The Morgan fingerprint density at radius 2 is 1.11 bits per heavy atom. The third-order valence-corrected chi connectivity index (χ3v) is 4.20. The molecule has 18 heavy (non-hydrogen) atoms. The Bertz CT molecular complexity index is 178. The summed E-state index contributed by atoms with van der Waals surface area (Å²) in [5.74, 6) is 0. The summed E-state index contributed by atoms with van der Waals surface area (Å²) in [5, 5.41) is 0. The summed E-state index contributed by atoms with van der Waals surface area (Å²) in [6.45, 7) is 4.56. The van der Waals surface area contributed by atoms with Gasteiger partial charge in [-0.3, -0.25) is 0 Å². The van der Waals surface area contributed by atoms with E-state index >= 15 is 0 Å². The van der Waals surface area contributed by atoms with Crippen molar-refractivity contribution in [1.29, 1.82) is 0 Å². The summed E-state index contributed by atoms with van der Waals surface area (Å²) < 4.78 is 6.15. The van der Waals surface area contributed by atoms with E-state index in [1.165, 1.54) is 83.5 Å². The van der Waals surface area contributed by atoms with E-state index < -0.39 is 0 Å². The molecule has 1 aliphatic heterocycles. The van der Waals surface area contributed by atoms with Crippen molar-refractivity contribution >= 4 is 0 Å². The van der Waals surface area contributed by atoms with Crippen molar-refractivity contribution in [1.82, 2.24) is 0 Å². The van der Waals surface area contributed by atoms with Gasteiger partial charge in [-0.05, 0) is 25.7 Å². The van der Waals surface area contributed by atoms with E-state index in [1.54, 1.807) is 0 Å². The lowest BCUT2D eigenvalue weighted by Gasteiger charge is -2.13. The number of rotatable bonds is 11. The largest absolute Gasteiger partial charge is 0.375 e. The van der Waals surface area contributed by atoms with Crippen LogP contribution >= 0.6 is 0 Å². The van der Waals surface area contributed by atoms with E-state index in [1.807, 2.05) is 0 Å². The van der Waals surface area contributed by atoms with Crippen LogP contribution in [0.15, 0.2) is 0 Å². The van der Waals surface area contributed by atoms with E-state index in [0.717, 1.165) is 0 Å². The molecule has 0 unspecified atom stereocenters. The maximum atomic E-state index is 6.15. The van der Waals surface area contributed by atoms with Gasteiger partial charge in [-0.25, -0.2) is 0 Å². The van der Waals surface area contributed by atoms with Crippen LogP contribution in [0.3, 0.4) is 0 Å². The SMILES string of the molecule is CCCCCCC[C@@H]1CC[C@@H](CCCCCC)O1. The molecular formula is C17H34O. The average Bonchev–Trinajstić information content (AvgIpc) is 2.82. The summed E-state index contributed by atoms with van der Waals surface area (Å²) >= 11 is 0. The normalized spacial score (nSPS) is 23.7. The highest BCUT2D eigenvalue weighted by Crippen LogP contribution is 2.27. The van der Waals surface area contributed by atoms with Gasteiger partial charge in [0.2, 0.25) is 0 Å². The quantitative estimate of drug-likeness (QED) is 0.419. The van der Waals surface area contributed by atoms with Gasteiger partial charge >= 0.3 is 0 Å². The molecule has 0 aromatic rings. The number of unbranched alkanes of at least 4 members (excludes halogenated alkanes) is 7. The van der Waals surface area contributed by atoms with Gasteiger partial charge in [-0.15, -0.1) is 0 Å². The standard InChI is InChI=1S/C17H34O/c1-3-5-7-9-11-13-17-15-14-16(18-17)12-10-8-6-4-2/h16-17H,3-15H2,1-2H3/t16-,17-/m1/s1. The van der Waals surface area contributed by atoms with Gasteiger partial charge in [-0.1, -0.05) is 71.6 Å². The van der Waals surface area contributed by atoms with Crippen LogP contribution in [0.4, 0.5) is 0 Å². The predicted octanol–water partition coefficient (Wildman–Crippen LogP) is 5.86. The third kappa shape index (κ3) is 7.41. The second-order valence-corrected chi connectivity index (χ2v) is 6.01. The van der Waals surface area contributed by atoms with Gasteiger partial charge in [-0.2, -0.15) is 0 Å². The first-order chi connectivity index (χ1) is 8.86. The molecule has 1 saturated heterocycles. The van der Waals surface area contributed by atoms with Gasteiger partial charge < -0.3 is 4.74 Å². The molecule has 0 aliphatic carbocycles. The van der Waals surface area contributed by atoms with Crippen LogP contribution < -0.4 is 0 Å². The summed E-state index contributed by atoms with van der Waals surface area (Å²) in [7, 11) is 0. The average molecular weight is 254 g/mol. The van der Waals surface area contributed by atoms with Gasteiger partial charge in [0.25, 0.3) is 0 Å². The summed E-state index contributed by atoms with van der Waals surface area (Å²) in [6.07, 6.45) is 19.0. The highest BCUT2D eigenvalue weighted by molar-refractivity contribution is 4.73. The number of hydrogen-bond acceptors (Lipinski definition) is 1. The van der Waals surface area contributed by atoms with Crippen molar-refractivity contribution in [3.05, 3.63) is 0 Å². The number of ether oxygens (including phenoxy) is 1. The molecule has 1 aliphatic rings. The second kappa shape index (κ2) is 10.8. The zero-order valence-electron chi connectivity index (χ0n) is 12.8. The van der Waals surface area contributed by atoms with Crippen LogP contribution in [-0.4, -0.2) is 12.2 Å². The lowest BCUT2D eigenvalue weighted by atomic mass is 10.0. The topological polar surface area (TPSA) is 9.23 Å². The first-order valence-electron chi connectivity index (χ1n) is 8.52. The van der Waals surface area contributed by atoms with Crippen LogP contribution in [-0.2, 0) is 4.74 Å². The zero-order valence-corrected chi connectivity index (χ0v) is 12.8. The Morgan fingerprint density at radius 1 is 0.667 bits per heavy atom. The minimum Gasteiger partial charge on any atom is -0.375 e. The molecule has 0 radical (unpaired) electrons. The van der Waals surface area contributed by atoms with E-state index in [-0.39, 0.29) is 0 Å². The minimum absolute atomic E-state index is 0.600. The lowest BCUT2D eigenvalue weighted by molar-refractivity contribution is 0.0335. The van der Waals surface area contributed by atoms with Crippen LogP contribution in [0.25, 0.3) is 0 Å². The molecular weight excluding hydrogens is 220 g/mol. The van der Waals surface area contributed by atoms with E-state index in [9.17, 15) is 0 Å². The third-order valence-electron chi connectivity index (χ3n) is 4.20. The van der Waals surface area contributed by atoms with Crippen LogP contribution in [0.1, 0.15) is 97.3 Å². The molecule has 0 amide bonds. The maximum absolute atomic E-state index is 6.15. The molecule has 1 nitrogen and oxygen atoms in total. The molecule has 1 heteroatoms. The Labute approximate surface area is 115 Å². The van der Waals surface area contributed by atoms with Gasteiger partial charge in [0, 0.05) is 0 Å². The fraction of sp³-hybridized carbons (Fsp3) is 1.00. The van der Waals surface area contributed by atoms with Gasteiger partial charge in [0.15, 0.2) is 0 Å². The fourth-order valence-electron chi connectivity index (χ4n) is 2.98. The van der Waals surface area contributed by atoms with Crippen molar-refractivity contribution in [3.63, 3.8) is 0 Å². The molecule has 1 fully saturated rings. The smallest absolute Gasteiger partial charge is 0.0579 e. The van der Waals surface area contributed by atoms with Crippen molar-refractivity contribution in [3.8, 4) is 0 Å². The molecule has 0 bridgehead atoms. The van der Waals surface area contributed by atoms with Gasteiger partial charge in [0.1, 0.15) is 0 Å². The Hall–Kier alpha value is -0.0400. The lowest BCUT2D eigenvalue weighted by Crippen LogP contribution is -2.10. The minimum atomic E-state index is 0.600. The van der Waals surface area contributed by atoms with Crippen LogP contribution in [0.5, 0.6) is 0 Å². The Morgan fingerprint density at radius 3 is 1.61 bits per heavy atom. The van der Waals surface area contributed by atoms with Crippen molar-refractivity contribution < 1.29 is 4.74 Å². The van der Waals surface area contributed by atoms with Crippen molar-refractivity contribution in [2.24, 2.45) is 0 Å². The summed E-state index contributed by atoms with van der Waals surface area (Å²) in [5.41, 5.74) is 0. The fourth-order valence-corrected chi connectivity index (χ4v) is 2.98. The zero-order chi connectivity index (χ0) is 13.1. The maximum Gasteiger partial charge on any atom is 0.0579 e. The first kappa shape index (κ1) is 16.0. The highest BCUT2D eigenvalue weighted by Gasteiger charge is 2.23. The van der Waals surface area contributed by atoms with Crippen LogP contribution in [0, 0.1) is 0 Å². The predicted molar refractivity (Wildman–Crippen MR) is 80.0 cm³/mol. The summed E-state index contributed by atoms with van der Waals surface area (Å²) in [6, 6.07) is 0. The summed E-state index contributed by atoms with van der Waals surface area (Å²) in [4.78, 5) is 0. The van der Waals surface area contributed by atoms with Gasteiger partial charge in [0.05, 0.1) is 12.2 Å².